The maximum atomic E-state index is 14.1. The Labute approximate surface area is 199 Å². The molecule has 1 N–H and O–H groups in total. The number of aryl methyl sites for hydroxylation is 1. The van der Waals surface area contributed by atoms with Crippen LogP contribution in [0.15, 0.2) is 89.3 Å². The van der Waals surface area contributed by atoms with E-state index in [0.29, 0.717) is 12.3 Å². The Morgan fingerprint density at radius 1 is 0.824 bits per heavy atom. The second-order valence-electron chi connectivity index (χ2n) is 8.92. The first-order valence-corrected chi connectivity index (χ1v) is 11.4. The van der Waals surface area contributed by atoms with Crippen molar-refractivity contribution >= 4 is 0 Å². The normalized spacial score (nSPS) is 12.0. The average molecular weight is 462 g/mol. The van der Waals surface area contributed by atoms with Gasteiger partial charge in [0.2, 0.25) is 0 Å². The molecule has 4 rings (SSSR count). The molecule has 4 aromatic rings. The highest BCUT2D eigenvalue weighted by atomic mass is 19.1. The van der Waals surface area contributed by atoms with Crippen molar-refractivity contribution in [1.29, 1.82) is 0 Å². The van der Waals surface area contributed by atoms with Crippen LogP contribution in [0.5, 0.6) is 0 Å². The van der Waals surface area contributed by atoms with E-state index in [9.17, 15) is 13.9 Å². The summed E-state index contributed by atoms with van der Waals surface area (Å²) in [6, 6.07) is 23.3. The van der Waals surface area contributed by atoms with E-state index in [2.05, 4.69) is 37.8 Å². The molecule has 0 spiro atoms. The van der Waals surface area contributed by atoms with Crippen LogP contribution in [0.3, 0.4) is 0 Å². The second kappa shape index (κ2) is 9.92. The standard InChI is InChI=1S/C29H29F2NO2/c1-20(2)32(18-22-9-5-4-8-21(22)3)19-27-14-15-28(34-27)29(33,23-10-6-12-25(30)16-23)24-11-7-13-26(31)17-24/h4-17,20,33H,18-19H2,1-3H3. The fraction of sp³-hybridized carbons (Fsp3) is 0.241. The first-order chi connectivity index (χ1) is 16.3. The van der Waals surface area contributed by atoms with E-state index < -0.39 is 17.2 Å². The summed E-state index contributed by atoms with van der Waals surface area (Å²) in [4.78, 5) is 2.27. The molecule has 0 saturated carbocycles. The van der Waals surface area contributed by atoms with Gasteiger partial charge in [-0.3, -0.25) is 4.90 Å². The lowest BCUT2D eigenvalue weighted by Crippen LogP contribution is -2.30. The molecule has 176 valence electrons. The van der Waals surface area contributed by atoms with Crippen LogP contribution in [0.2, 0.25) is 0 Å². The van der Waals surface area contributed by atoms with Gasteiger partial charge in [-0.1, -0.05) is 48.5 Å². The predicted molar refractivity (Wildman–Crippen MR) is 129 cm³/mol. The van der Waals surface area contributed by atoms with Crippen LogP contribution in [-0.2, 0) is 18.7 Å². The van der Waals surface area contributed by atoms with Crippen molar-refractivity contribution in [3.05, 3.63) is 130 Å². The molecule has 1 aromatic heterocycles. The highest BCUT2D eigenvalue weighted by Gasteiger charge is 2.38. The minimum Gasteiger partial charge on any atom is -0.461 e. The van der Waals surface area contributed by atoms with Gasteiger partial charge in [0.1, 0.15) is 23.2 Å². The third-order valence-corrected chi connectivity index (χ3v) is 6.23. The van der Waals surface area contributed by atoms with Gasteiger partial charge in [0.25, 0.3) is 0 Å². The Balaban J connectivity index is 1.69. The molecule has 0 unspecified atom stereocenters. The topological polar surface area (TPSA) is 36.6 Å². The quantitative estimate of drug-likeness (QED) is 0.323. The number of benzene rings is 3. The number of nitrogens with zero attached hydrogens (tertiary/aromatic N) is 1. The van der Waals surface area contributed by atoms with Crippen LogP contribution >= 0.6 is 0 Å². The van der Waals surface area contributed by atoms with Gasteiger partial charge < -0.3 is 9.52 Å². The van der Waals surface area contributed by atoms with E-state index in [1.807, 2.05) is 18.2 Å². The van der Waals surface area contributed by atoms with E-state index in [0.717, 1.165) is 6.54 Å². The van der Waals surface area contributed by atoms with Gasteiger partial charge in [-0.2, -0.15) is 0 Å². The van der Waals surface area contributed by atoms with Crippen molar-refractivity contribution in [2.24, 2.45) is 0 Å². The molecule has 0 bridgehead atoms. The maximum Gasteiger partial charge on any atom is 0.173 e. The minimum absolute atomic E-state index is 0.207. The zero-order chi connectivity index (χ0) is 24.3. The number of hydrogen-bond donors (Lipinski definition) is 1. The van der Waals surface area contributed by atoms with Crippen molar-refractivity contribution in [3.63, 3.8) is 0 Å². The summed E-state index contributed by atoms with van der Waals surface area (Å²) >= 11 is 0. The highest BCUT2D eigenvalue weighted by Crippen LogP contribution is 2.38. The largest absolute Gasteiger partial charge is 0.461 e. The summed E-state index contributed by atoms with van der Waals surface area (Å²) in [5.74, 6) is -0.131. The molecular weight excluding hydrogens is 432 g/mol. The first kappa shape index (κ1) is 23.9. The van der Waals surface area contributed by atoms with Crippen LogP contribution < -0.4 is 0 Å². The molecule has 0 atom stereocenters. The van der Waals surface area contributed by atoms with Crippen molar-refractivity contribution < 1.29 is 18.3 Å². The van der Waals surface area contributed by atoms with E-state index in [4.69, 9.17) is 4.42 Å². The molecule has 0 aliphatic carbocycles. The van der Waals surface area contributed by atoms with Crippen molar-refractivity contribution in [1.82, 2.24) is 4.90 Å². The number of furan rings is 1. The van der Waals surface area contributed by atoms with Gasteiger partial charge in [0.15, 0.2) is 5.60 Å². The third kappa shape index (κ3) is 4.96. The van der Waals surface area contributed by atoms with Gasteiger partial charge in [-0.25, -0.2) is 8.78 Å². The fourth-order valence-corrected chi connectivity index (χ4v) is 4.16. The van der Waals surface area contributed by atoms with Crippen LogP contribution in [0, 0.1) is 18.6 Å². The zero-order valence-electron chi connectivity index (χ0n) is 19.6. The third-order valence-electron chi connectivity index (χ3n) is 6.23. The minimum atomic E-state index is -1.85. The molecule has 0 saturated heterocycles. The smallest absolute Gasteiger partial charge is 0.173 e. The number of rotatable bonds is 8. The van der Waals surface area contributed by atoms with Crippen molar-refractivity contribution in [3.8, 4) is 0 Å². The summed E-state index contributed by atoms with van der Waals surface area (Å²) in [5, 5.41) is 11.9. The Kier molecular flexibility index (Phi) is 6.96. The van der Waals surface area contributed by atoms with Crippen molar-refractivity contribution in [2.75, 3.05) is 0 Å². The SMILES string of the molecule is Cc1ccccc1CN(Cc1ccc(C(O)(c2cccc(F)c2)c2cccc(F)c2)o1)C(C)C. The fourth-order valence-electron chi connectivity index (χ4n) is 4.16. The second-order valence-corrected chi connectivity index (χ2v) is 8.92. The molecular formula is C29H29F2NO2. The average Bonchev–Trinajstić information content (AvgIpc) is 3.28. The summed E-state index contributed by atoms with van der Waals surface area (Å²) in [7, 11) is 0. The molecule has 0 amide bonds. The molecule has 0 aliphatic rings. The van der Waals surface area contributed by atoms with Crippen molar-refractivity contribution in [2.45, 2.75) is 45.5 Å². The summed E-state index contributed by atoms with van der Waals surface area (Å²) in [5.41, 5.74) is 1.14. The molecule has 3 aromatic carbocycles. The lowest BCUT2D eigenvalue weighted by atomic mass is 9.84. The molecule has 0 aliphatic heterocycles. The Morgan fingerprint density at radius 2 is 1.44 bits per heavy atom. The van der Waals surface area contributed by atoms with Gasteiger partial charge in [0.05, 0.1) is 6.54 Å². The molecule has 34 heavy (non-hydrogen) atoms. The zero-order valence-corrected chi connectivity index (χ0v) is 19.6. The molecule has 0 radical (unpaired) electrons. The Bertz CT molecular complexity index is 1220. The van der Waals surface area contributed by atoms with Crippen LogP contribution in [-0.4, -0.2) is 16.0 Å². The molecule has 1 heterocycles. The van der Waals surface area contributed by atoms with Gasteiger partial charge in [0, 0.05) is 12.6 Å². The van der Waals surface area contributed by atoms with Crippen LogP contribution in [0.4, 0.5) is 8.78 Å². The van der Waals surface area contributed by atoms with E-state index >= 15 is 0 Å². The molecule has 0 fully saturated rings. The molecule has 5 heteroatoms. The van der Waals surface area contributed by atoms with E-state index in [1.165, 1.54) is 47.5 Å². The lowest BCUT2D eigenvalue weighted by Gasteiger charge is -2.28. The first-order valence-electron chi connectivity index (χ1n) is 11.4. The Morgan fingerprint density at radius 3 is 2.00 bits per heavy atom. The monoisotopic (exact) mass is 461 g/mol. The van der Waals surface area contributed by atoms with E-state index in [1.54, 1.807) is 18.2 Å². The molecule has 3 nitrogen and oxygen atoms in total. The maximum absolute atomic E-state index is 14.1. The summed E-state index contributed by atoms with van der Waals surface area (Å²) in [6.45, 7) is 7.61. The number of halogens is 2. The Hall–Kier alpha value is -3.28. The van der Waals surface area contributed by atoms with Gasteiger partial charge in [-0.15, -0.1) is 0 Å². The number of aliphatic hydroxyl groups is 1. The summed E-state index contributed by atoms with van der Waals surface area (Å²) < 4.78 is 34.3. The predicted octanol–water partition coefficient (Wildman–Crippen LogP) is 6.56. The lowest BCUT2D eigenvalue weighted by molar-refractivity contribution is 0.0934. The van der Waals surface area contributed by atoms with Crippen LogP contribution in [0.1, 0.15) is 47.6 Å². The van der Waals surface area contributed by atoms with Crippen LogP contribution in [0.25, 0.3) is 0 Å². The number of hydrogen-bond acceptors (Lipinski definition) is 3. The van der Waals surface area contributed by atoms with Gasteiger partial charge >= 0.3 is 0 Å². The summed E-state index contributed by atoms with van der Waals surface area (Å²) in [6.07, 6.45) is 0. The van der Waals surface area contributed by atoms with E-state index in [-0.39, 0.29) is 22.9 Å². The van der Waals surface area contributed by atoms with Gasteiger partial charge in [-0.05, 0) is 79.4 Å². The highest BCUT2D eigenvalue weighted by molar-refractivity contribution is 5.44.